The van der Waals surface area contributed by atoms with Crippen LogP contribution in [0.3, 0.4) is 0 Å². The van der Waals surface area contributed by atoms with E-state index in [1.54, 1.807) is 12.2 Å². The summed E-state index contributed by atoms with van der Waals surface area (Å²) in [6.07, 6.45) is 3.45. The lowest BCUT2D eigenvalue weighted by Gasteiger charge is -2.38. The Morgan fingerprint density at radius 3 is 1.34 bits per heavy atom. The van der Waals surface area contributed by atoms with Crippen LogP contribution in [0.2, 0.25) is 33.2 Å². The lowest BCUT2D eigenvalue weighted by atomic mass is 10.3. The van der Waals surface area contributed by atoms with Crippen molar-refractivity contribution in [2.24, 2.45) is 0 Å². The van der Waals surface area contributed by atoms with E-state index in [1.165, 1.54) is 0 Å². The molecule has 0 radical (unpaired) electrons. The normalized spacial score (nSPS) is 17.5. The Bertz CT molecular complexity index is 672. The zero-order chi connectivity index (χ0) is 26.0. The molecule has 2 N–H and O–H groups in total. The molecule has 1 fully saturated rings. The molecule has 0 amide bonds. The van der Waals surface area contributed by atoms with Gasteiger partial charge in [-0.2, -0.15) is 0 Å². The molecule has 0 aromatic rings. The molecule has 35 heavy (non-hydrogen) atoms. The highest BCUT2D eigenvalue weighted by atomic mass is 28.3. The minimum Gasteiger partial charge on any atom is -0.394 e. The number of epoxide rings is 1. The molecule has 0 unspecified atom stereocenters. The predicted molar refractivity (Wildman–Crippen MR) is 163 cm³/mol. The summed E-state index contributed by atoms with van der Waals surface area (Å²) in [5, 5.41) is 17.6. The van der Waals surface area contributed by atoms with Crippen molar-refractivity contribution in [3.63, 3.8) is 0 Å². The van der Waals surface area contributed by atoms with E-state index in [-0.39, 0.29) is 40.3 Å². The van der Waals surface area contributed by atoms with Crippen LogP contribution in [0.4, 0.5) is 0 Å². The first-order valence-electron chi connectivity index (χ1n) is 12.8. The van der Waals surface area contributed by atoms with Crippen molar-refractivity contribution in [1.82, 2.24) is 0 Å². The van der Waals surface area contributed by atoms with Crippen molar-refractivity contribution in [3.8, 4) is 22.9 Å². The van der Waals surface area contributed by atoms with Gasteiger partial charge in [0.15, 0.2) is 0 Å². The van der Waals surface area contributed by atoms with E-state index in [2.05, 4.69) is 106 Å². The first kappa shape index (κ1) is 38.7. The smallest absolute Gasteiger partial charge is 0.146 e. The third-order valence-electron chi connectivity index (χ3n) is 7.52. The lowest BCUT2D eigenvalue weighted by molar-refractivity contribution is 0.243. The van der Waals surface area contributed by atoms with Gasteiger partial charge in [0.05, 0.1) is 13.2 Å². The molecular weight excluding hydrogens is 464 g/mol. The highest BCUT2D eigenvalue weighted by Crippen LogP contribution is 2.41. The number of ether oxygens (including phenoxy) is 1. The van der Waals surface area contributed by atoms with Crippen LogP contribution >= 0.6 is 0 Å². The van der Waals surface area contributed by atoms with E-state index in [9.17, 15) is 0 Å². The molecule has 0 aromatic carbocycles. The monoisotopic (exact) mass is 524 g/mol. The lowest BCUT2D eigenvalue weighted by Crippen LogP contribution is -2.43. The number of aliphatic hydroxyl groups is 2. The van der Waals surface area contributed by atoms with Gasteiger partial charge in [-0.1, -0.05) is 116 Å². The van der Waals surface area contributed by atoms with E-state index >= 15 is 0 Å². The average Bonchev–Trinajstić information content (AvgIpc) is 3.46. The van der Waals surface area contributed by atoms with Crippen LogP contribution in [-0.4, -0.2) is 51.8 Å². The predicted octanol–water partition coefficient (Wildman–Crippen LogP) is 8.00. The fraction of sp³-hybridized carbons (Fsp3) is 0.800. The summed E-state index contributed by atoms with van der Waals surface area (Å²) < 4.78 is 5.30. The molecule has 5 heteroatoms. The van der Waals surface area contributed by atoms with Crippen molar-refractivity contribution in [2.75, 3.05) is 13.2 Å². The van der Waals surface area contributed by atoms with E-state index in [1.807, 2.05) is 0 Å². The molecule has 1 aliphatic rings. The number of aliphatic hydroxyl groups excluding tert-OH is 2. The molecule has 1 rings (SSSR count). The Morgan fingerprint density at radius 1 is 0.686 bits per heavy atom. The summed E-state index contributed by atoms with van der Waals surface area (Å²) in [4.78, 5) is 0. The van der Waals surface area contributed by atoms with Crippen LogP contribution in [0.1, 0.15) is 97.9 Å². The Morgan fingerprint density at radius 2 is 1.06 bits per heavy atom. The quantitative estimate of drug-likeness (QED) is 0.192. The molecule has 1 saturated heterocycles. The summed E-state index contributed by atoms with van der Waals surface area (Å²) in [5.41, 5.74) is 11.1. The summed E-state index contributed by atoms with van der Waals surface area (Å²) in [6, 6.07) is 0. The molecular formula is C30H60O3Si2. The summed E-state index contributed by atoms with van der Waals surface area (Å²) in [6.45, 7) is 27.8. The maximum atomic E-state index is 8.95. The average molecular weight is 525 g/mol. The number of hydrogen-bond donors (Lipinski definition) is 2. The maximum absolute atomic E-state index is 8.95. The maximum Gasteiger partial charge on any atom is 0.146 e. The van der Waals surface area contributed by atoms with Gasteiger partial charge in [0.2, 0.25) is 0 Å². The fourth-order valence-corrected chi connectivity index (χ4v) is 16.2. The Balaban J connectivity index is -0.000000555. The SMILES string of the molecule is C.C.CC(C)[Si](C#C/C=C/CO)(C(C)C)C(C)C.CC(C)[Si](C#C[C@H]1O[C@@H]1CO)(C(C)C)C(C)C. The van der Waals surface area contributed by atoms with Gasteiger partial charge in [-0.25, -0.2) is 0 Å². The van der Waals surface area contributed by atoms with Crippen LogP contribution < -0.4 is 0 Å². The van der Waals surface area contributed by atoms with E-state index in [0.29, 0.717) is 33.2 Å². The zero-order valence-electron chi connectivity index (χ0n) is 23.5. The van der Waals surface area contributed by atoms with Crippen LogP contribution in [0.5, 0.6) is 0 Å². The highest BCUT2D eigenvalue weighted by molar-refractivity contribution is 6.91. The van der Waals surface area contributed by atoms with Gasteiger partial charge in [0.25, 0.3) is 0 Å². The summed E-state index contributed by atoms with van der Waals surface area (Å²) >= 11 is 0. The number of hydrogen-bond acceptors (Lipinski definition) is 3. The molecule has 0 aliphatic carbocycles. The minimum absolute atomic E-state index is 0. The van der Waals surface area contributed by atoms with Gasteiger partial charge in [-0.3, -0.25) is 0 Å². The summed E-state index contributed by atoms with van der Waals surface area (Å²) in [5.74, 6) is 6.41. The van der Waals surface area contributed by atoms with E-state index in [4.69, 9.17) is 14.9 Å². The molecule has 0 bridgehead atoms. The number of allylic oxidation sites excluding steroid dienone is 1. The van der Waals surface area contributed by atoms with Crippen molar-refractivity contribution in [1.29, 1.82) is 0 Å². The van der Waals surface area contributed by atoms with Crippen LogP contribution in [0, 0.1) is 22.9 Å². The topological polar surface area (TPSA) is 53.0 Å². The van der Waals surface area contributed by atoms with Crippen LogP contribution in [-0.2, 0) is 4.74 Å². The first-order valence-corrected chi connectivity index (χ1v) is 17.3. The standard InChI is InChI=1S/C14H26O2Si.C14H26OSi.2CH4/c1-10(2)17(11(3)4,12(5)6)8-7-13-14(9-15)16-13;1-12(2)16(13(3)4,14(5)6)11-9-7-8-10-15;;/h10-15H,9H2,1-6H3;7-8,12-15H,10H2,1-6H3;2*1H4/b;8-7+;;/t13-,14-;;;/m1.../s1. The van der Waals surface area contributed by atoms with Crippen molar-refractivity contribution < 1.29 is 14.9 Å². The van der Waals surface area contributed by atoms with Crippen molar-refractivity contribution in [3.05, 3.63) is 12.2 Å². The largest absolute Gasteiger partial charge is 0.394 e. The van der Waals surface area contributed by atoms with Gasteiger partial charge >= 0.3 is 0 Å². The second-order valence-electron chi connectivity index (χ2n) is 11.2. The zero-order valence-corrected chi connectivity index (χ0v) is 25.5. The molecule has 0 saturated carbocycles. The molecule has 2 atom stereocenters. The van der Waals surface area contributed by atoms with Gasteiger partial charge in [0.1, 0.15) is 28.4 Å². The van der Waals surface area contributed by atoms with Crippen molar-refractivity contribution in [2.45, 2.75) is 143 Å². The summed E-state index contributed by atoms with van der Waals surface area (Å²) in [7, 11) is -3.19. The third-order valence-corrected chi connectivity index (χ3v) is 20.1. The van der Waals surface area contributed by atoms with Gasteiger partial charge < -0.3 is 14.9 Å². The van der Waals surface area contributed by atoms with Crippen LogP contribution in [0.25, 0.3) is 0 Å². The fourth-order valence-electron chi connectivity index (χ4n) is 5.75. The molecule has 0 aromatic heterocycles. The second-order valence-corrected chi connectivity index (χ2v) is 22.4. The molecule has 0 spiro atoms. The van der Waals surface area contributed by atoms with Gasteiger partial charge in [-0.05, 0) is 39.3 Å². The Kier molecular flexibility index (Phi) is 19.5. The highest BCUT2D eigenvalue weighted by Gasteiger charge is 2.43. The van der Waals surface area contributed by atoms with Gasteiger partial charge in [0, 0.05) is 0 Å². The van der Waals surface area contributed by atoms with Crippen molar-refractivity contribution >= 4 is 16.1 Å². The molecule has 1 aliphatic heterocycles. The molecule has 206 valence electrons. The Labute approximate surface area is 222 Å². The Hall–Kier alpha value is -0.826. The second kappa shape index (κ2) is 17.6. The minimum atomic E-state index is -1.62. The van der Waals surface area contributed by atoms with E-state index in [0.717, 1.165) is 0 Å². The number of rotatable bonds is 8. The van der Waals surface area contributed by atoms with Crippen LogP contribution in [0.15, 0.2) is 12.2 Å². The molecule has 1 heterocycles. The van der Waals surface area contributed by atoms with E-state index < -0.39 is 16.1 Å². The first-order chi connectivity index (χ1) is 15.2. The van der Waals surface area contributed by atoms with Gasteiger partial charge in [-0.15, -0.1) is 11.1 Å². The third kappa shape index (κ3) is 10.2. The molecule has 3 nitrogen and oxygen atoms in total.